The van der Waals surface area contributed by atoms with Crippen molar-refractivity contribution in [1.82, 2.24) is 9.80 Å². The van der Waals surface area contributed by atoms with Gasteiger partial charge in [0, 0.05) is 33.6 Å². The van der Waals surface area contributed by atoms with Crippen LogP contribution in [0.15, 0.2) is 24.3 Å². The van der Waals surface area contributed by atoms with Crippen LogP contribution >= 0.6 is 0 Å². The van der Waals surface area contributed by atoms with Crippen LogP contribution in [0.1, 0.15) is 30.4 Å². The number of amides is 2. The molecule has 0 aliphatic carbocycles. The van der Waals surface area contributed by atoms with Gasteiger partial charge in [0.25, 0.3) is 0 Å². The van der Waals surface area contributed by atoms with E-state index in [9.17, 15) is 9.59 Å². The molecule has 2 amide bonds. The minimum atomic E-state index is -0.954. The van der Waals surface area contributed by atoms with Gasteiger partial charge in [-0.15, -0.1) is 0 Å². The van der Waals surface area contributed by atoms with E-state index in [1.165, 1.54) is 11.9 Å². The number of hydrogen-bond acceptors (Lipinski definition) is 3. The van der Waals surface area contributed by atoms with Crippen molar-refractivity contribution in [2.45, 2.75) is 25.8 Å². The van der Waals surface area contributed by atoms with Crippen molar-refractivity contribution in [3.63, 3.8) is 0 Å². The van der Waals surface area contributed by atoms with Gasteiger partial charge in [0.1, 0.15) is 0 Å². The Morgan fingerprint density at radius 1 is 1.14 bits per heavy atom. The second kappa shape index (κ2) is 8.67. The van der Waals surface area contributed by atoms with Crippen LogP contribution in [0, 0.1) is 11.3 Å². The van der Waals surface area contributed by atoms with Crippen LogP contribution in [0.3, 0.4) is 0 Å². The van der Waals surface area contributed by atoms with Crippen molar-refractivity contribution >= 4 is 12.0 Å². The number of nitrogens with zero attached hydrogens (tertiary/aromatic N) is 3. The maximum atomic E-state index is 12.0. The fourth-order valence-corrected chi connectivity index (χ4v) is 1.96. The Balaban J connectivity index is 2.32. The molecule has 0 radical (unpaired) electrons. The van der Waals surface area contributed by atoms with Crippen molar-refractivity contribution in [1.29, 1.82) is 5.26 Å². The van der Waals surface area contributed by atoms with Gasteiger partial charge in [-0.1, -0.05) is 12.1 Å². The van der Waals surface area contributed by atoms with E-state index in [-0.39, 0.29) is 5.91 Å². The molecule has 0 heterocycles. The van der Waals surface area contributed by atoms with Gasteiger partial charge in [0.2, 0.25) is 5.91 Å². The molecule has 1 aromatic carbocycles. The number of nitriles is 1. The molecule has 0 saturated carbocycles. The third-order valence-corrected chi connectivity index (χ3v) is 3.39. The Kier molecular flexibility index (Phi) is 6.90. The molecule has 0 fully saturated rings. The summed E-state index contributed by atoms with van der Waals surface area (Å²) in [5.74, 6) is 0.0299. The Morgan fingerprint density at radius 3 is 2.32 bits per heavy atom. The Morgan fingerprint density at radius 2 is 1.77 bits per heavy atom. The number of hydrogen-bond donors (Lipinski definition) is 1. The Bertz CT molecular complexity index is 549. The lowest BCUT2D eigenvalue weighted by Gasteiger charge is -2.18. The summed E-state index contributed by atoms with van der Waals surface area (Å²) in [7, 11) is 3.26. The highest BCUT2D eigenvalue weighted by Gasteiger charge is 2.10. The normalized spacial score (nSPS) is 9.86. The fraction of sp³-hybridized carbons (Fsp3) is 0.438. The molecular weight excluding hydrogens is 282 g/mol. The van der Waals surface area contributed by atoms with Gasteiger partial charge in [0.15, 0.2) is 0 Å². The highest BCUT2D eigenvalue weighted by Crippen LogP contribution is 2.08. The third kappa shape index (κ3) is 5.83. The molecule has 0 spiro atoms. The van der Waals surface area contributed by atoms with Crippen molar-refractivity contribution in [3.8, 4) is 6.07 Å². The molecule has 22 heavy (non-hydrogen) atoms. The van der Waals surface area contributed by atoms with Gasteiger partial charge in [-0.3, -0.25) is 4.79 Å². The molecule has 0 aliphatic rings. The summed E-state index contributed by atoms with van der Waals surface area (Å²) in [4.78, 5) is 25.5. The van der Waals surface area contributed by atoms with Gasteiger partial charge in [0.05, 0.1) is 11.6 Å². The highest BCUT2D eigenvalue weighted by atomic mass is 16.4. The number of carbonyl (C=O) groups excluding carboxylic acids is 1. The molecule has 0 unspecified atom stereocenters. The molecule has 6 nitrogen and oxygen atoms in total. The van der Waals surface area contributed by atoms with Gasteiger partial charge in [-0.25, -0.2) is 4.79 Å². The van der Waals surface area contributed by atoms with Gasteiger partial charge >= 0.3 is 6.09 Å². The number of benzene rings is 1. The van der Waals surface area contributed by atoms with Crippen molar-refractivity contribution < 1.29 is 14.7 Å². The first-order valence-corrected chi connectivity index (χ1v) is 7.11. The van der Waals surface area contributed by atoms with Crippen LogP contribution in [0.4, 0.5) is 4.79 Å². The molecule has 0 aliphatic heterocycles. The van der Waals surface area contributed by atoms with Crippen molar-refractivity contribution in [3.05, 3.63) is 35.4 Å². The fourth-order valence-electron chi connectivity index (χ4n) is 1.96. The molecule has 1 N–H and O–H groups in total. The lowest BCUT2D eigenvalue weighted by atomic mass is 10.1. The average Bonchev–Trinajstić information content (AvgIpc) is 2.51. The summed E-state index contributed by atoms with van der Waals surface area (Å²) in [6.07, 6.45) is 0.775. The quantitative estimate of drug-likeness (QED) is 0.783. The molecule has 1 aromatic rings. The van der Waals surface area contributed by atoms with E-state index in [0.29, 0.717) is 37.9 Å². The largest absolute Gasteiger partial charge is 0.465 e. The van der Waals surface area contributed by atoms with Gasteiger partial charge in [-0.2, -0.15) is 5.26 Å². The average molecular weight is 303 g/mol. The summed E-state index contributed by atoms with van der Waals surface area (Å²) in [6.45, 7) is 0.932. The summed E-state index contributed by atoms with van der Waals surface area (Å²) in [6, 6.07) is 9.19. The Labute approximate surface area is 130 Å². The van der Waals surface area contributed by atoms with Gasteiger partial charge < -0.3 is 14.9 Å². The number of carbonyl (C=O) groups is 2. The zero-order valence-electron chi connectivity index (χ0n) is 13.0. The van der Waals surface area contributed by atoms with E-state index >= 15 is 0 Å². The molecule has 118 valence electrons. The zero-order valence-corrected chi connectivity index (χ0v) is 13.0. The van der Waals surface area contributed by atoms with Crippen molar-refractivity contribution in [2.75, 3.05) is 20.6 Å². The number of unbranched alkanes of at least 4 members (excludes halogenated alkanes) is 1. The van der Waals surface area contributed by atoms with Crippen LogP contribution in [0.25, 0.3) is 0 Å². The summed E-state index contributed by atoms with van der Waals surface area (Å²) in [5, 5.41) is 17.4. The first kappa shape index (κ1) is 17.5. The highest BCUT2D eigenvalue weighted by molar-refractivity contribution is 5.75. The smallest absolute Gasteiger partial charge is 0.407 e. The van der Waals surface area contributed by atoms with Gasteiger partial charge in [-0.05, 0) is 30.5 Å². The van der Waals surface area contributed by atoms with E-state index in [0.717, 1.165) is 5.56 Å². The predicted octanol–water partition coefficient (Wildman–Crippen LogP) is 2.30. The van der Waals surface area contributed by atoms with Crippen LogP contribution in [0.2, 0.25) is 0 Å². The van der Waals surface area contributed by atoms with Crippen molar-refractivity contribution in [2.24, 2.45) is 0 Å². The van der Waals surface area contributed by atoms with Crippen LogP contribution < -0.4 is 0 Å². The molecule has 0 aromatic heterocycles. The maximum absolute atomic E-state index is 12.0. The summed E-state index contributed by atoms with van der Waals surface area (Å²) < 4.78 is 0. The second-order valence-electron chi connectivity index (χ2n) is 5.22. The van der Waals surface area contributed by atoms with E-state index in [1.54, 1.807) is 24.1 Å². The summed E-state index contributed by atoms with van der Waals surface area (Å²) in [5.41, 5.74) is 1.57. The minimum Gasteiger partial charge on any atom is -0.465 e. The standard InChI is InChI=1S/C16H21N3O3/c1-18(16(21)22)10-4-3-5-15(20)19(2)12-14-8-6-13(11-17)7-9-14/h6-9H,3-5,10,12H2,1-2H3,(H,21,22). The Hall–Kier alpha value is -2.55. The summed E-state index contributed by atoms with van der Waals surface area (Å²) >= 11 is 0. The molecule has 6 heteroatoms. The van der Waals surface area contributed by atoms with E-state index in [4.69, 9.17) is 10.4 Å². The van der Waals surface area contributed by atoms with E-state index in [1.807, 2.05) is 12.1 Å². The zero-order chi connectivity index (χ0) is 16.5. The molecular formula is C16H21N3O3. The van der Waals surface area contributed by atoms with E-state index < -0.39 is 6.09 Å². The number of rotatable bonds is 7. The van der Waals surface area contributed by atoms with E-state index in [2.05, 4.69) is 6.07 Å². The molecule has 0 saturated heterocycles. The molecule has 0 bridgehead atoms. The van der Waals surface area contributed by atoms with Crippen LogP contribution in [-0.4, -0.2) is 47.5 Å². The predicted molar refractivity (Wildman–Crippen MR) is 82.1 cm³/mol. The lowest BCUT2D eigenvalue weighted by molar-refractivity contribution is -0.130. The van der Waals surface area contributed by atoms with Crippen LogP contribution in [0.5, 0.6) is 0 Å². The maximum Gasteiger partial charge on any atom is 0.407 e. The lowest BCUT2D eigenvalue weighted by Crippen LogP contribution is -2.27. The first-order chi connectivity index (χ1) is 10.4. The second-order valence-corrected chi connectivity index (χ2v) is 5.22. The first-order valence-electron chi connectivity index (χ1n) is 7.11. The topological polar surface area (TPSA) is 84.6 Å². The van der Waals surface area contributed by atoms with Crippen LogP contribution in [-0.2, 0) is 11.3 Å². The number of carboxylic acid groups (broad SMARTS) is 1. The third-order valence-electron chi connectivity index (χ3n) is 3.39. The monoisotopic (exact) mass is 303 g/mol. The molecule has 0 atom stereocenters. The SMILES string of the molecule is CN(CCCCC(=O)N(C)Cc1ccc(C#N)cc1)C(=O)O. The minimum absolute atomic E-state index is 0.0299. The molecule has 1 rings (SSSR count).